The van der Waals surface area contributed by atoms with Crippen molar-refractivity contribution in [1.29, 1.82) is 0 Å². The standard InChI is InChI=1S/C27H30N6O2S/c1-18-8-10-32(11-9-18)24-13-25(33-15-20-4-2-3-5-21(20)16-33)30-26(29-24)31-27(36)28-14-19-6-7-22-23(12-19)35-17-34-22/h2-7,12-13,18H,8-11,14-17H2,1H3,(H2,28,29,30,31,36). The van der Waals surface area contributed by atoms with Crippen LogP contribution in [-0.2, 0) is 19.6 Å². The molecule has 2 N–H and O–H groups in total. The Morgan fingerprint density at radius 1 is 0.944 bits per heavy atom. The van der Waals surface area contributed by atoms with Gasteiger partial charge in [-0.2, -0.15) is 9.97 Å². The lowest BCUT2D eigenvalue weighted by atomic mass is 9.99. The van der Waals surface area contributed by atoms with E-state index in [-0.39, 0.29) is 6.79 Å². The molecule has 0 amide bonds. The van der Waals surface area contributed by atoms with E-state index in [4.69, 9.17) is 31.7 Å². The fraction of sp³-hybridized carbons (Fsp3) is 0.370. The molecule has 0 spiro atoms. The SMILES string of the molecule is CC1CCN(c2cc(N3Cc4ccccc4C3)nc(NC(=S)NCc3ccc4c(c3)OCO4)n2)CC1. The van der Waals surface area contributed by atoms with Gasteiger partial charge in [0.1, 0.15) is 11.6 Å². The summed E-state index contributed by atoms with van der Waals surface area (Å²) >= 11 is 5.60. The number of anilines is 3. The van der Waals surface area contributed by atoms with Crippen molar-refractivity contribution in [3.8, 4) is 11.5 Å². The van der Waals surface area contributed by atoms with Gasteiger partial charge in [-0.05, 0) is 59.8 Å². The molecular formula is C27H30N6O2S. The monoisotopic (exact) mass is 502 g/mol. The first-order valence-corrected chi connectivity index (χ1v) is 12.9. The van der Waals surface area contributed by atoms with Crippen LogP contribution in [-0.4, -0.2) is 35.0 Å². The Kier molecular flexibility index (Phi) is 6.23. The molecule has 3 aliphatic heterocycles. The average molecular weight is 503 g/mol. The highest BCUT2D eigenvalue weighted by molar-refractivity contribution is 7.80. The van der Waals surface area contributed by atoms with Crippen LogP contribution in [0.5, 0.6) is 11.5 Å². The fourth-order valence-electron chi connectivity index (χ4n) is 4.91. The molecule has 1 saturated heterocycles. The van der Waals surface area contributed by atoms with Crippen LogP contribution in [0.15, 0.2) is 48.5 Å². The molecule has 36 heavy (non-hydrogen) atoms. The minimum Gasteiger partial charge on any atom is -0.454 e. The van der Waals surface area contributed by atoms with Gasteiger partial charge < -0.3 is 29.9 Å². The summed E-state index contributed by atoms with van der Waals surface area (Å²) in [4.78, 5) is 14.4. The van der Waals surface area contributed by atoms with E-state index >= 15 is 0 Å². The zero-order chi connectivity index (χ0) is 24.5. The van der Waals surface area contributed by atoms with Crippen molar-refractivity contribution in [1.82, 2.24) is 15.3 Å². The highest BCUT2D eigenvalue weighted by Gasteiger charge is 2.24. The van der Waals surface area contributed by atoms with Gasteiger partial charge >= 0.3 is 0 Å². The number of fused-ring (bicyclic) bond motifs is 2. The number of hydrogen-bond donors (Lipinski definition) is 2. The third-order valence-corrected chi connectivity index (χ3v) is 7.33. The maximum atomic E-state index is 5.60. The molecule has 0 radical (unpaired) electrons. The zero-order valence-electron chi connectivity index (χ0n) is 20.4. The third-order valence-electron chi connectivity index (χ3n) is 7.09. The van der Waals surface area contributed by atoms with E-state index in [2.05, 4.69) is 57.7 Å². The lowest BCUT2D eigenvalue weighted by Gasteiger charge is -2.32. The van der Waals surface area contributed by atoms with Crippen LogP contribution in [0.3, 0.4) is 0 Å². The molecule has 0 bridgehead atoms. The van der Waals surface area contributed by atoms with Crippen molar-refractivity contribution in [3.05, 3.63) is 65.2 Å². The predicted octanol–water partition coefficient (Wildman–Crippen LogP) is 4.45. The summed E-state index contributed by atoms with van der Waals surface area (Å²) in [6, 6.07) is 16.6. The van der Waals surface area contributed by atoms with Gasteiger partial charge in [0, 0.05) is 38.8 Å². The van der Waals surface area contributed by atoms with Crippen molar-refractivity contribution in [2.24, 2.45) is 5.92 Å². The van der Waals surface area contributed by atoms with E-state index in [1.807, 2.05) is 18.2 Å². The zero-order valence-corrected chi connectivity index (χ0v) is 21.2. The van der Waals surface area contributed by atoms with Crippen molar-refractivity contribution in [2.75, 3.05) is 35.0 Å². The molecule has 1 aromatic heterocycles. The molecule has 1 fully saturated rings. The van der Waals surface area contributed by atoms with Crippen LogP contribution in [0, 0.1) is 5.92 Å². The number of hydrogen-bond acceptors (Lipinski definition) is 7. The first-order chi connectivity index (χ1) is 17.6. The Morgan fingerprint density at radius 2 is 1.64 bits per heavy atom. The number of benzene rings is 2. The summed E-state index contributed by atoms with van der Waals surface area (Å²) in [6.45, 7) is 6.84. The minimum atomic E-state index is 0.264. The topological polar surface area (TPSA) is 74.8 Å². The van der Waals surface area contributed by atoms with Gasteiger partial charge in [0.2, 0.25) is 12.7 Å². The van der Waals surface area contributed by atoms with Crippen LogP contribution >= 0.6 is 12.2 Å². The van der Waals surface area contributed by atoms with E-state index < -0.39 is 0 Å². The highest BCUT2D eigenvalue weighted by atomic mass is 32.1. The van der Waals surface area contributed by atoms with Crippen LogP contribution in [0.4, 0.5) is 17.6 Å². The molecule has 0 aliphatic carbocycles. The second-order valence-electron chi connectivity index (χ2n) is 9.70. The number of rotatable bonds is 5. The predicted molar refractivity (Wildman–Crippen MR) is 145 cm³/mol. The van der Waals surface area contributed by atoms with Gasteiger partial charge in [-0.1, -0.05) is 37.3 Å². The molecule has 8 nitrogen and oxygen atoms in total. The molecule has 9 heteroatoms. The summed E-state index contributed by atoms with van der Waals surface area (Å²) in [5.41, 5.74) is 3.75. The molecule has 0 atom stereocenters. The lowest BCUT2D eigenvalue weighted by molar-refractivity contribution is 0.174. The van der Waals surface area contributed by atoms with Gasteiger partial charge in [-0.15, -0.1) is 0 Å². The second kappa shape index (κ2) is 9.81. The summed E-state index contributed by atoms with van der Waals surface area (Å²) in [5, 5.41) is 6.97. The minimum absolute atomic E-state index is 0.264. The van der Waals surface area contributed by atoms with Crippen LogP contribution in [0.2, 0.25) is 0 Å². The second-order valence-corrected chi connectivity index (χ2v) is 10.1. The number of thiocarbonyl (C=S) groups is 1. The summed E-state index contributed by atoms with van der Waals surface area (Å²) in [5.74, 6) is 4.66. The summed E-state index contributed by atoms with van der Waals surface area (Å²) < 4.78 is 10.9. The Balaban J connectivity index is 1.19. The maximum Gasteiger partial charge on any atom is 0.232 e. The number of nitrogens with zero attached hydrogens (tertiary/aromatic N) is 4. The third kappa shape index (κ3) is 4.88. The highest BCUT2D eigenvalue weighted by Crippen LogP contribution is 2.33. The molecule has 2 aromatic carbocycles. The molecule has 0 saturated carbocycles. The van der Waals surface area contributed by atoms with Crippen molar-refractivity contribution in [2.45, 2.75) is 39.4 Å². The van der Waals surface area contributed by atoms with Gasteiger partial charge in [0.15, 0.2) is 16.6 Å². The van der Waals surface area contributed by atoms with Gasteiger partial charge in [0.05, 0.1) is 0 Å². The first kappa shape index (κ1) is 22.8. The molecule has 6 rings (SSSR count). The smallest absolute Gasteiger partial charge is 0.232 e. The molecule has 4 heterocycles. The Morgan fingerprint density at radius 3 is 2.39 bits per heavy atom. The Bertz CT molecular complexity index is 1250. The average Bonchev–Trinajstić information content (AvgIpc) is 3.54. The van der Waals surface area contributed by atoms with Crippen molar-refractivity contribution < 1.29 is 9.47 Å². The largest absolute Gasteiger partial charge is 0.454 e. The van der Waals surface area contributed by atoms with E-state index in [0.717, 1.165) is 60.8 Å². The van der Waals surface area contributed by atoms with Crippen molar-refractivity contribution >= 4 is 34.9 Å². The Hall–Kier alpha value is -3.59. The van der Waals surface area contributed by atoms with Crippen molar-refractivity contribution in [3.63, 3.8) is 0 Å². The van der Waals surface area contributed by atoms with E-state index in [1.54, 1.807) is 0 Å². The number of aromatic nitrogens is 2. The molecule has 186 valence electrons. The molecule has 0 unspecified atom stereocenters. The van der Waals surface area contributed by atoms with Crippen LogP contribution in [0.1, 0.15) is 36.5 Å². The Labute approximate surface area is 216 Å². The first-order valence-electron chi connectivity index (χ1n) is 12.5. The number of ether oxygens (including phenoxy) is 2. The van der Waals surface area contributed by atoms with Crippen LogP contribution in [0.25, 0.3) is 0 Å². The molecule has 3 aliphatic rings. The summed E-state index contributed by atoms with van der Waals surface area (Å²) in [6.07, 6.45) is 2.35. The molecule has 3 aromatic rings. The van der Waals surface area contributed by atoms with E-state index in [1.165, 1.54) is 24.0 Å². The number of piperidine rings is 1. The van der Waals surface area contributed by atoms with Gasteiger partial charge in [0.25, 0.3) is 0 Å². The lowest BCUT2D eigenvalue weighted by Crippen LogP contribution is -2.34. The number of nitrogens with one attached hydrogen (secondary N) is 2. The van der Waals surface area contributed by atoms with Crippen LogP contribution < -0.4 is 29.9 Å². The van der Waals surface area contributed by atoms with E-state index in [0.29, 0.717) is 17.6 Å². The maximum absolute atomic E-state index is 5.60. The fourth-order valence-corrected chi connectivity index (χ4v) is 5.08. The van der Waals surface area contributed by atoms with E-state index in [9.17, 15) is 0 Å². The van der Waals surface area contributed by atoms with Gasteiger partial charge in [-0.25, -0.2) is 0 Å². The van der Waals surface area contributed by atoms with Gasteiger partial charge in [-0.3, -0.25) is 0 Å². The molecular weight excluding hydrogens is 472 g/mol. The summed E-state index contributed by atoms with van der Waals surface area (Å²) in [7, 11) is 0. The normalized spacial score (nSPS) is 16.7. The quantitative estimate of drug-likeness (QED) is 0.492.